The maximum absolute atomic E-state index is 13.1. The molecule has 2 N–H and O–H groups in total. The van der Waals surface area contributed by atoms with Gasteiger partial charge in [-0.3, -0.25) is 9.59 Å². The van der Waals surface area contributed by atoms with Gasteiger partial charge in [-0.1, -0.05) is 24.3 Å². The number of rotatable bonds is 6. The van der Waals surface area contributed by atoms with Gasteiger partial charge in [0, 0.05) is 18.8 Å². The molecule has 4 rings (SSSR count). The van der Waals surface area contributed by atoms with Crippen LogP contribution in [0.3, 0.4) is 0 Å². The molecule has 32 heavy (non-hydrogen) atoms. The van der Waals surface area contributed by atoms with Gasteiger partial charge in [-0.15, -0.1) is 11.3 Å². The number of benzene rings is 2. The topological polar surface area (TPSA) is 110 Å². The summed E-state index contributed by atoms with van der Waals surface area (Å²) in [4.78, 5) is 24.9. The lowest BCUT2D eigenvalue weighted by atomic mass is 10.2. The minimum Gasteiger partial charge on any atom is -0.322 e. The molecule has 10 heteroatoms. The number of nitrogens with zero attached hydrogens (tertiary/aromatic N) is 2. The Balaban J connectivity index is 1.62. The van der Waals surface area contributed by atoms with Crippen molar-refractivity contribution in [3.63, 3.8) is 0 Å². The molecule has 0 bridgehead atoms. The van der Waals surface area contributed by atoms with Gasteiger partial charge in [0.25, 0.3) is 15.9 Å². The monoisotopic (exact) mass is 466 g/mol. The predicted molar refractivity (Wildman–Crippen MR) is 122 cm³/mol. The van der Waals surface area contributed by atoms with Crippen molar-refractivity contribution in [3.8, 4) is 16.3 Å². The van der Waals surface area contributed by atoms with Gasteiger partial charge in [0.05, 0.1) is 21.0 Å². The van der Waals surface area contributed by atoms with Crippen molar-refractivity contribution in [2.45, 2.75) is 11.8 Å². The lowest BCUT2D eigenvalue weighted by Crippen LogP contribution is -2.28. The first-order valence-electron chi connectivity index (χ1n) is 9.47. The van der Waals surface area contributed by atoms with Crippen molar-refractivity contribution >= 4 is 38.9 Å². The molecular weight excluding hydrogens is 448 g/mol. The van der Waals surface area contributed by atoms with Crippen LogP contribution in [0.4, 0.5) is 5.69 Å². The molecule has 0 aliphatic heterocycles. The van der Waals surface area contributed by atoms with Crippen LogP contribution in [0.25, 0.3) is 16.3 Å². The average Bonchev–Trinajstić information content (AvgIpc) is 3.44. The molecule has 0 aliphatic rings. The van der Waals surface area contributed by atoms with Crippen LogP contribution in [0.5, 0.6) is 0 Å². The molecule has 0 fully saturated rings. The summed E-state index contributed by atoms with van der Waals surface area (Å²) in [6.07, 6.45) is 1.66. The molecule has 0 aliphatic carbocycles. The van der Waals surface area contributed by atoms with Crippen LogP contribution >= 0.6 is 11.3 Å². The molecule has 0 unspecified atom stereocenters. The van der Waals surface area contributed by atoms with Gasteiger partial charge in [0.1, 0.15) is 5.69 Å². The van der Waals surface area contributed by atoms with Gasteiger partial charge in [-0.25, -0.2) is 17.8 Å². The highest BCUT2D eigenvalue weighted by molar-refractivity contribution is 7.90. The molecule has 8 nitrogen and oxygen atoms in total. The molecule has 0 radical (unpaired) electrons. The van der Waals surface area contributed by atoms with E-state index in [2.05, 4.69) is 10.4 Å². The summed E-state index contributed by atoms with van der Waals surface area (Å²) in [7, 11) is -3.94. The maximum atomic E-state index is 13.1. The second-order valence-electron chi connectivity index (χ2n) is 6.79. The Bertz CT molecular complexity index is 1360. The van der Waals surface area contributed by atoms with E-state index in [-0.39, 0.29) is 10.8 Å². The Hall–Kier alpha value is -3.76. The van der Waals surface area contributed by atoms with Crippen LogP contribution in [0.2, 0.25) is 0 Å². The number of amides is 2. The molecule has 2 aromatic heterocycles. The highest BCUT2D eigenvalue weighted by Gasteiger charge is 2.20. The number of carbonyl (C=O) groups is 2. The molecule has 0 spiro atoms. The Morgan fingerprint density at radius 3 is 2.31 bits per heavy atom. The molecule has 0 atom stereocenters. The van der Waals surface area contributed by atoms with E-state index in [9.17, 15) is 18.0 Å². The fourth-order valence-corrected chi connectivity index (χ4v) is 4.73. The second kappa shape index (κ2) is 8.77. The lowest BCUT2D eigenvalue weighted by molar-refractivity contribution is -0.117. The van der Waals surface area contributed by atoms with Crippen molar-refractivity contribution in [3.05, 3.63) is 83.9 Å². The third kappa shape index (κ3) is 4.61. The normalized spacial score (nSPS) is 11.2. The molecule has 0 saturated carbocycles. The van der Waals surface area contributed by atoms with Gasteiger partial charge < -0.3 is 5.32 Å². The minimum absolute atomic E-state index is 0.0816. The number of hydrogen-bond acceptors (Lipinski definition) is 6. The van der Waals surface area contributed by atoms with Crippen molar-refractivity contribution in [1.29, 1.82) is 0 Å². The number of aromatic nitrogens is 2. The predicted octanol–water partition coefficient (Wildman–Crippen LogP) is 3.68. The summed E-state index contributed by atoms with van der Waals surface area (Å²) in [5.41, 5.74) is 2.15. The number of thiophene rings is 1. The third-order valence-corrected chi connectivity index (χ3v) is 6.76. The zero-order chi connectivity index (χ0) is 22.7. The van der Waals surface area contributed by atoms with E-state index in [1.54, 1.807) is 10.9 Å². The smallest absolute Gasteiger partial charge is 0.264 e. The number of anilines is 1. The largest absolute Gasteiger partial charge is 0.322 e. The Morgan fingerprint density at radius 1 is 0.969 bits per heavy atom. The summed E-state index contributed by atoms with van der Waals surface area (Å²) < 4.78 is 27.7. The van der Waals surface area contributed by atoms with Gasteiger partial charge in [0.15, 0.2) is 0 Å². The van der Waals surface area contributed by atoms with E-state index in [4.69, 9.17) is 0 Å². The number of hydrogen-bond donors (Lipinski definition) is 2. The first kappa shape index (κ1) is 21.5. The van der Waals surface area contributed by atoms with Crippen molar-refractivity contribution in [1.82, 2.24) is 14.5 Å². The van der Waals surface area contributed by atoms with Gasteiger partial charge in [-0.05, 0) is 47.8 Å². The van der Waals surface area contributed by atoms with E-state index in [0.717, 1.165) is 17.5 Å². The summed E-state index contributed by atoms with van der Waals surface area (Å²) in [5, 5.41) is 9.29. The number of nitrogens with one attached hydrogen (secondary N) is 2. The van der Waals surface area contributed by atoms with Gasteiger partial charge in [0.2, 0.25) is 5.91 Å². The van der Waals surface area contributed by atoms with Gasteiger partial charge in [-0.2, -0.15) is 5.10 Å². The van der Waals surface area contributed by atoms with E-state index < -0.39 is 15.9 Å². The molecule has 2 heterocycles. The zero-order valence-corrected chi connectivity index (χ0v) is 18.5. The van der Waals surface area contributed by atoms with E-state index in [1.807, 2.05) is 52.6 Å². The molecule has 0 saturated heterocycles. The summed E-state index contributed by atoms with van der Waals surface area (Å²) >= 11 is 1.47. The third-order valence-electron chi connectivity index (χ3n) is 4.43. The Kier molecular flexibility index (Phi) is 5.89. The van der Waals surface area contributed by atoms with Crippen molar-refractivity contribution < 1.29 is 18.0 Å². The standard InChI is InChI=1S/C22H18N4O4S2/c1-15(27)25-32(29,30)18-11-9-16(10-12-18)23-22(28)19-14-26(17-6-3-2-4-7-17)24-21(19)20-8-5-13-31-20/h2-14H,1H3,(H,23,28)(H,25,27). The molecule has 4 aromatic rings. The summed E-state index contributed by atoms with van der Waals surface area (Å²) in [6, 6.07) is 18.8. The molecule has 2 aromatic carbocycles. The van der Waals surface area contributed by atoms with E-state index in [0.29, 0.717) is 16.9 Å². The number of para-hydroxylation sites is 1. The van der Waals surface area contributed by atoms with Crippen LogP contribution in [0.15, 0.2) is 83.2 Å². The van der Waals surface area contributed by atoms with Gasteiger partial charge >= 0.3 is 0 Å². The Labute approximate surface area is 188 Å². The average molecular weight is 467 g/mol. The van der Waals surface area contributed by atoms with Crippen molar-refractivity contribution in [2.24, 2.45) is 0 Å². The summed E-state index contributed by atoms with van der Waals surface area (Å²) in [5.74, 6) is -1.06. The first-order valence-corrected chi connectivity index (χ1v) is 11.8. The SMILES string of the molecule is CC(=O)NS(=O)(=O)c1ccc(NC(=O)c2cn(-c3ccccc3)nc2-c2cccs2)cc1. The summed E-state index contributed by atoms with van der Waals surface area (Å²) in [6.45, 7) is 1.12. The fourth-order valence-electron chi connectivity index (χ4n) is 3.01. The second-order valence-corrected chi connectivity index (χ2v) is 9.42. The number of sulfonamides is 1. The highest BCUT2D eigenvalue weighted by Crippen LogP contribution is 2.28. The van der Waals surface area contributed by atoms with Crippen LogP contribution < -0.4 is 10.0 Å². The van der Waals surface area contributed by atoms with Crippen LogP contribution in [0, 0.1) is 0 Å². The van der Waals surface area contributed by atoms with Crippen molar-refractivity contribution in [2.75, 3.05) is 5.32 Å². The molecule has 2 amide bonds. The molecule has 162 valence electrons. The zero-order valence-electron chi connectivity index (χ0n) is 16.8. The quantitative estimate of drug-likeness (QED) is 0.450. The van der Waals surface area contributed by atoms with E-state index >= 15 is 0 Å². The molecular formula is C22H18N4O4S2. The first-order chi connectivity index (χ1) is 15.3. The fraction of sp³-hybridized carbons (Fsp3) is 0.0455. The number of carbonyl (C=O) groups excluding carboxylic acids is 2. The Morgan fingerprint density at radius 2 is 1.69 bits per heavy atom. The van der Waals surface area contributed by atoms with Crippen LogP contribution in [-0.4, -0.2) is 30.0 Å². The maximum Gasteiger partial charge on any atom is 0.264 e. The lowest BCUT2D eigenvalue weighted by Gasteiger charge is -2.07. The van der Waals surface area contributed by atoms with Crippen LogP contribution in [0.1, 0.15) is 17.3 Å². The van der Waals surface area contributed by atoms with Crippen LogP contribution in [-0.2, 0) is 14.8 Å². The van der Waals surface area contributed by atoms with E-state index in [1.165, 1.54) is 35.6 Å². The highest BCUT2D eigenvalue weighted by atomic mass is 32.2. The minimum atomic E-state index is -3.94.